The van der Waals surface area contributed by atoms with E-state index < -0.39 is 0 Å². The van der Waals surface area contributed by atoms with E-state index in [1.165, 1.54) is 0 Å². The molecular formula is C15H23N3O2. The highest BCUT2D eigenvalue weighted by molar-refractivity contribution is 5.99. The minimum Gasteiger partial charge on any atom is -0.383 e. The van der Waals surface area contributed by atoms with E-state index in [1.54, 1.807) is 18.5 Å². The van der Waals surface area contributed by atoms with Crippen LogP contribution in [0.25, 0.3) is 0 Å². The van der Waals surface area contributed by atoms with Crippen LogP contribution in [0, 0.1) is 0 Å². The molecule has 1 saturated heterocycles. The predicted molar refractivity (Wildman–Crippen MR) is 78.9 cm³/mol. The zero-order chi connectivity index (χ0) is 14.4. The number of amides is 1. The standard InChI is InChI=1S/C15H23N3O2/c1-3-7-17-13-10-16-8-5-12(13)14(19)18-15(2)6-4-9-20-11-15/h5,8,10,17H,3-4,6-7,9,11H2,1-2H3,(H,18,19). The SMILES string of the molecule is CCCNc1cnccc1C(=O)NC1(C)CCCOC1. The fourth-order valence-electron chi connectivity index (χ4n) is 2.37. The summed E-state index contributed by atoms with van der Waals surface area (Å²) >= 11 is 0. The van der Waals surface area contributed by atoms with Crippen LogP contribution < -0.4 is 10.6 Å². The highest BCUT2D eigenvalue weighted by Crippen LogP contribution is 2.20. The molecule has 0 aliphatic carbocycles. The van der Waals surface area contributed by atoms with Crippen molar-refractivity contribution in [3.63, 3.8) is 0 Å². The number of hydrogen-bond acceptors (Lipinski definition) is 4. The van der Waals surface area contributed by atoms with E-state index >= 15 is 0 Å². The molecule has 1 aromatic rings. The molecule has 1 fully saturated rings. The van der Waals surface area contributed by atoms with Gasteiger partial charge in [0.05, 0.1) is 29.6 Å². The lowest BCUT2D eigenvalue weighted by atomic mass is 9.94. The van der Waals surface area contributed by atoms with Gasteiger partial charge in [0.15, 0.2) is 0 Å². The van der Waals surface area contributed by atoms with E-state index in [2.05, 4.69) is 22.5 Å². The van der Waals surface area contributed by atoms with Crippen molar-refractivity contribution >= 4 is 11.6 Å². The Morgan fingerprint density at radius 2 is 2.40 bits per heavy atom. The molecule has 1 amide bonds. The van der Waals surface area contributed by atoms with E-state index in [9.17, 15) is 4.79 Å². The molecule has 0 aromatic carbocycles. The molecule has 1 aliphatic heterocycles. The van der Waals surface area contributed by atoms with Gasteiger partial charge in [-0.15, -0.1) is 0 Å². The summed E-state index contributed by atoms with van der Waals surface area (Å²) in [7, 11) is 0. The van der Waals surface area contributed by atoms with Crippen molar-refractivity contribution in [2.75, 3.05) is 25.1 Å². The lowest BCUT2D eigenvalue weighted by molar-refractivity contribution is 0.0273. The number of carbonyl (C=O) groups is 1. The second kappa shape index (κ2) is 6.70. The summed E-state index contributed by atoms with van der Waals surface area (Å²) in [5.41, 5.74) is 1.15. The molecule has 0 radical (unpaired) electrons. The number of pyridine rings is 1. The third-order valence-electron chi connectivity index (χ3n) is 3.48. The van der Waals surface area contributed by atoms with E-state index in [0.717, 1.165) is 38.1 Å². The van der Waals surface area contributed by atoms with Crippen LogP contribution in [0.1, 0.15) is 43.5 Å². The lowest BCUT2D eigenvalue weighted by Gasteiger charge is -2.34. The number of aromatic nitrogens is 1. The average molecular weight is 277 g/mol. The maximum atomic E-state index is 12.5. The molecule has 20 heavy (non-hydrogen) atoms. The van der Waals surface area contributed by atoms with E-state index in [1.807, 2.05) is 6.92 Å². The Morgan fingerprint density at radius 1 is 1.55 bits per heavy atom. The van der Waals surface area contributed by atoms with Crippen molar-refractivity contribution < 1.29 is 9.53 Å². The van der Waals surface area contributed by atoms with Gasteiger partial charge in [0, 0.05) is 19.3 Å². The highest BCUT2D eigenvalue weighted by atomic mass is 16.5. The number of rotatable bonds is 5. The Morgan fingerprint density at radius 3 is 3.10 bits per heavy atom. The first-order chi connectivity index (χ1) is 9.64. The zero-order valence-electron chi connectivity index (χ0n) is 12.2. The zero-order valence-corrected chi connectivity index (χ0v) is 12.2. The van der Waals surface area contributed by atoms with Gasteiger partial charge in [-0.05, 0) is 32.3 Å². The Hall–Kier alpha value is -1.62. The monoisotopic (exact) mass is 277 g/mol. The molecule has 2 rings (SSSR count). The van der Waals surface area contributed by atoms with Crippen LogP contribution in [0.2, 0.25) is 0 Å². The van der Waals surface area contributed by atoms with Crippen molar-refractivity contribution in [1.82, 2.24) is 10.3 Å². The van der Waals surface area contributed by atoms with Crippen molar-refractivity contribution in [3.8, 4) is 0 Å². The third kappa shape index (κ3) is 3.70. The van der Waals surface area contributed by atoms with Crippen LogP contribution >= 0.6 is 0 Å². The molecule has 0 spiro atoms. The fourth-order valence-corrected chi connectivity index (χ4v) is 2.37. The number of hydrogen-bond donors (Lipinski definition) is 2. The van der Waals surface area contributed by atoms with Gasteiger partial charge >= 0.3 is 0 Å². The average Bonchev–Trinajstić information content (AvgIpc) is 2.45. The van der Waals surface area contributed by atoms with Gasteiger partial charge in [-0.3, -0.25) is 9.78 Å². The summed E-state index contributed by atoms with van der Waals surface area (Å²) in [6.07, 6.45) is 6.27. The van der Waals surface area contributed by atoms with E-state index in [4.69, 9.17) is 4.74 Å². The van der Waals surface area contributed by atoms with Crippen LogP contribution in [0.5, 0.6) is 0 Å². The summed E-state index contributed by atoms with van der Waals surface area (Å²) < 4.78 is 5.47. The fraction of sp³-hybridized carbons (Fsp3) is 0.600. The molecule has 110 valence electrons. The topological polar surface area (TPSA) is 63.2 Å². The summed E-state index contributed by atoms with van der Waals surface area (Å²) in [5.74, 6) is -0.0704. The minimum atomic E-state index is -0.277. The summed E-state index contributed by atoms with van der Waals surface area (Å²) in [5, 5.41) is 6.34. The Balaban J connectivity index is 2.08. The Kier molecular flexibility index (Phi) is 4.95. The molecule has 1 aliphatic rings. The smallest absolute Gasteiger partial charge is 0.253 e. The Labute approximate surface area is 120 Å². The molecule has 1 unspecified atom stereocenters. The lowest BCUT2D eigenvalue weighted by Crippen LogP contribution is -2.51. The third-order valence-corrected chi connectivity index (χ3v) is 3.48. The molecule has 5 heteroatoms. The number of carbonyl (C=O) groups excluding carboxylic acids is 1. The van der Waals surface area contributed by atoms with Crippen molar-refractivity contribution in [1.29, 1.82) is 0 Å². The molecule has 1 atom stereocenters. The van der Waals surface area contributed by atoms with Gasteiger partial charge in [-0.2, -0.15) is 0 Å². The summed E-state index contributed by atoms with van der Waals surface area (Å²) in [4.78, 5) is 16.5. The van der Waals surface area contributed by atoms with Crippen LogP contribution in [0.3, 0.4) is 0 Å². The van der Waals surface area contributed by atoms with Gasteiger partial charge in [0.1, 0.15) is 0 Å². The van der Waals surface area contributed by atoms with Crippen molar-refractivity contribution in [3.05, 3.63) is 24.0 Å². The molecular weight excluding hydrogens is 254 g/mol. The van der Waals surface area contributed by atoms with E-state index in [0.29, 0.717) is 12.2 Å². The molecule has 5 nitrogen and oxygen atoms in total. The van der Waals surface area contributed by atoms with Gasteiger partial charge in [-0.1, -0.05) is 6.92 Å². The molecule has 1 aromatic heterocycles. The quantitative estimate of drug-likeness (QED) is 0.866. The molecule has 0 saturated carbocycles. The summed E-state index contributed by atoms with van der Waals surface area (Å²) in [6, 6.07) is 1.75. The normalized spacial score (nSPS) is 22.3. The van der Waals surface area contributed by atoms with Crippen molar-refractivity contribution in [2.45, 2.75) is 38.6 Å². The van der Waals surface area contributed by atoms with Gasteiger partial charge in [0.25, 0.3) is 5.91 Å². The number of ether oxygens (including phenoxy) is 1. The Bertz CT molecular complexity index is 456. The maximum absolute atomic E-state index is 12.5. The number of anilines is 1. The van der Waals surface area contributed by atoms with E-state index in [-0.39, 0.29) is 11.4 Å². The van der Waals surface area contributed by atoms with Crippen LogP contribution in [0.4, 0.5) is 5.69 Å². The van der Waals surface area contributed by atoms with Crippen LogP contribution in [-0.4, -0.2) is 36.2 Å². The van der Waals surface area contributed by atoms with Crippen LogP contribution in [0.15, 0.2) is 18.5 Å². The van der Waals surface area contributed by atoms with Gasteiger partial charge in [0.2, 0.25) is 0 Å². The second-order valence-corrected chi connectivity index (χ2v) is 5.52. The first-order valence-corrected chi connectivity index (χ1v) is 7.23. The maximum Gasteiger partial charge on any atom is 0.253 e. The highest BCUT2D eigenvalue weighted by Gasteiger charge is 2.30. The van der Waals surface area contributed by atoms with Gasteiger partial charge < -0.3 is 15.4 Å². The second-order valence-electron chi connectivity index (χ2n) is 5.52. The molecule has 0 bridgehead atoms. The van der Waals surface area contributed by atoms with Crippen molar-refractivity contribution in [2.24, 2.45) is 0 Å². The number of nitrogens with one attached hydrogen (secondary N) is 2. The minimum absolute atomic E-state index is 0.0704. The molecule has 2 heterocycles. The first-order valence-electron chi connectivity index (χ1n) is 7.23. The predicted octanol–water partition coefficient (Wildman–Crippen LogP) is 2.20. The summed E-state index contributed by atoms with van der Waals surface area (Å²) in [6.45, 7) is 6.30. The van der Waals surface area contributed by atoms with Gasteiger partial charge in [-0.25, -0.2) is 0 Å². The van der Waals surface area contributed by atoms with Crippen LogP contribution in [-0.2, 0) is 4.74 Å². The number of nitrogens with zero attached hydrogens (tertiary/aromatic N) is 1. The molecule has 2 N–H and O–H groups in total. The largest absolute Gasteiger partial charge is 0.383 e. The first kappa shape index (κ1) is 14.8.